The van der Waals surface area contributed by atoms with Gasteiger partial charge < -0.3 is 14.8 Å². The number of piperidine rings is 1. The van der Waals surface area contributed by atoms with Crippen LogP contribution in [0.2, 0.25) is 5.02 Å². The quantitative estimate of drug-likeness (QED) is 0.866. The molecule has 7 heteroatoms. The van der Waals surface area contributed by atoms with Crippen LogP contribution in [0.5, 0.6) is 0 Å². The number of benzene rings is 1. The zero-order chi connectivity index (χ0) is 17.3. The molecule has 24 heavy (non-hydrogen) atoms. The Labute approximate surface area is 144 Å². The minimum absolute atomic E-state index is 0.233. The molecule has 1 aromatic heterocycles. The fourth-order valence-corrected chi connectivity index (χ4v) is 3.62. The molecule has 0 bridgehead atoms. The summed E-state index contributed by atoms with van der Waals surface area (Å²) in [7, 11) is 0. The van der Waals surface area contributed by atoms with Crippen molar-refractivity contribution in [3.8, 4) is 0 Å². The Morgan fingerprint density at radius 3 is 2.50 bits per heavy atom. The SMILES string of the molecule is O=C(O)Cn1cc([C@@H](C(=O)O)N2CCCCC2)c2ccc(Cl)cc21. The lowest BCUT2D eigenvalue weighted by Crippen LogP contribution is -2.37. The summed E-state index contributed by atoms with van der Waals surface area (Å²) in [5.74, 6) is -1.90. The molecule has 1 saturated heterocycles. The second-order valence-corrected chi connectivity index (χ2v) is 6.54. The second kappa shape index (κ2) is 6.83. The summed E-state index contributed by atoms with van der Waals surface area (Å²) in [5.41, 5.74) is 1.26. The molecule has 6 nitrogen and oxygen atoms in total. The molecule has 2 aromatic rings. The van der Waals surface area contributed by atoms with E-state index in [9.17, 15) is 14.7 Å². The fraction of sp³-hybridized carbons (Fsp3) is 0.412. The molecule has 0 spiro atoms. The predicted molar refractivity (Wildman–Crippen MR) is 90.4 cm³/mol. The number of carboxylic acid groups (broad SMARTS) is 2. The number of nitrogens with zero attached hydrogens (tertiary/aromatic N) is 2. The van der Waals surface area contributed by atoms with E-state index in [2.05, 4.69) is 0 Å². The van der Waals surface area contributed by atoms with Crippen LogP contribution in [0.3, 0.4) is 0 Å². The van der Waals surface area contributed by atoms with Crippen molar-refractivity contribution in [2.75, 3.05) is 13.1 Å². The zero-order valence-electron chi connectivity index (χ0n) is 13.1. The maximum absolute atomic E-state index is 11.9. The van der Waals surface area contributed by atoms with Gasteiger partial charge in [-0.3, -0.25) is 14.5 Å². The highest BCUT2D eigenvalue weighted by atomic mass is 35.5. The molecule has 0 aliphatic carbocycles. The maximum atomic E-state index is 11.9. The molecule has 0 radical (unpaired) electrons. The molecule has 1 atom stereocenters. The van der Waals surface area contributed by atoms with Gasteiger partial charge in [0.1, 0.15) is 12.6 Å². The zero-order valence-corrected chi connectivity index (χ0v) is 13.9. The number of halogens is 1. The highest BCUT2D eigenvalue weighted by Crippen LogP contribution is 2.33. The number of hydrogen-bond donors (Lipinski definition) is 2. The van der Waals surface area contributed by atoms with E-state index in [1.807, 2.05) is 4.90 Å². The Kier molecular flexibility index (Phi) is 4.78. The number of aromatic nitrogens is 1. The minimum Gasteiger partial charge on any atom is -0.480 e. The van der Waals surface area contributed by atoms with E-state index in [1.165, 1.54) is 0 Å². The number of fused-ring (bicyclic) bond motifs is 1. The molecule has 0 saturated carbocycles. The van der Waals surface area contributed by atoms with E-state index in [0.29, 0.717) is 16.1 Å². The van der Waals surface area contributed by atoms with Gasteiger partial charge in [0.25, 0.3) is 0 Å². The first-order valence-corrected chi connectivity index (χ1v) is 8.32. The second-order valence-electron chi connectivity index (χ2n) is 6.10. The first kappa shape index (κ1) is 16.8. The number of likely N-dealkylation sites (tertiary alicyclic amines) is 1. The third-order valence-electron chi connectivity index (χ3n) is 4.47. The normalized spacial score (nSPS) is 17.0. The van der Waals surface area contributed by atoms with Crippen molar-refractivity contribution in [1.29, 1.82) is 0 Å². The van der Waals surface area contributed by atoms with Crippen molar-refractivity contribution in [2.24, 2.45) is 0 Å². The number of aliphatic carboxylic acids is 2. The van der Waals surface area contributed by atoms with E-state index in [-0.39, 0.29) is 6.54 Å². The molecule has 1 fully saturated rings. The van der Waals surface area contributed by atoms with E-state index in [4.69, 9.17) is 16.7 Å². The standard InChI is InChI=1S/C17H19ClN2O4/c18-11-4-5-12-13(9-20(10-15(21)22)14(12)8-11)16(17(23)24)19-6-2-1-3-7-19/h4-5,8-9,16H,1-3,6-7,10H2,(H,21,22)(H,23,24)/t16-/m0/s1. The summed E-state index contributed by atoms with van der Waals surface area (Å²) in [6.07, 6.45) is 4.70. The molecule has 128 valence electrons. The van der Waals surface area contributed by atoms with Gasteiger partial charge in [-0.25, -0.2) is 0 Å². The van der Waals surface area contributed by atoms with Crippen LogP contribution in [0.25, 0.3) is 10.9 Å². The largest absolute Gasteiger partial charge is 0.480 e. The Morgan fingerprint density at radius 1 is 1.17 bits per heavy atom. The Bertz CT molecular complexity index is 780. The lowest BCUT2D eigenvalue weighted by molar-refractivity contribution is -0.144. The van der Waals surface area contributed by atoms with Gasteiger partial charge in [-0.15, -0.1) is 0 Å². The average Bonchev–Trinajstić information content (AvgIpc) is 2.85. The maximum Gasteiger partial charge on any atom is 0.325 e. The highest BCUT2D eigenvalue weighted by Gasteiger charge is 2.31. The molecule has 2 N–H and O–H groups in total. The van der Waals surface area contributed by atoms with Gasteiger partial charge in [-0.2, -0.15) is 0 Å². The molecule has 1 aliphatic heterocycles. The molecule has 0 unspecified atom stereocenters. The van der Waals surface area contributed by atoms with Gasteiger partial charge in [0.2, 0.25) is 0 Å². The van der Waals surface area contributed by atoms with Crippen LogP contribution in [0.1, 0.15) is 30.9 Å². The molecular weight excluding hydrogens is 332 g/mol. The van der Waals surface area contributed by atoms with E-state index < -0.39 is 18.0 Å². The Hall–Kier alpha value is -2.05. The van der Waals surface area contributed by atoms with E-state index in [1.54, 1.807) is 29.0 Å². The minimum atomic E-state index is -0.983. The number of rotatable bonds is 5. The lowest BCUT2D eigenvalue weighted by atomic mass is 10.0. The van der Waals surface area contributed by atoms with Gasteiger partial charge >= 0.3 is 11.9 Å². The molecule has 2 heterocycles. The molecular formula is C17H19ClN2O4. The van der Waals surface area contributed by atoms with Gasteiger partial charge in [0.15, 0.2) is 0 Å². The first-order valence-electron chi connectivity index (χ1n) is 7.94. The van der Waals surface area contributed by atoms with Gasteiger partial charge in [0.05, 0.1) is 5.52 Å². The first-order chi connectivity index (χ1) is 11.5. The summed E-state index contributed by atoms with van der Waals surface area (Å²) in [5, 5.41) is 20.1. The van der Waals surface area contributed by atoms with Crippen molar-refractivity contribution in [2.45, 2.75) is 31.8 Å². The Morgan fingerprint density at radius 2 is 1.88 bits per heavy atom. The van der Waals surface area contributed by atoms with Gasteiger partial charge in [0, 0.05) is 22.2 Å². The summed E-state index contributed by atoms with van der Waals surface area (Å²) in [4.78, 5) is 25.0. The summed E-state index contributed by atoms with van der Waals surface area (Å²) in [6.45, 7) is 1.23. The average molecular weight is 351 g/mol. The smallest absolute Gasteiger partial charge is 0.325 e. The molecule has 3 rings (SSSR count). The van der Waals surface area contributed by atoms with E-state index >= 15 is 0 Å². The van der Waals surface area contributed by atoms with Crippen molar-refractivity contribution < 1.29 is 19.8 Å². The predicted octanol–water partition coefficient (Wildman–Crippen LogP) is 2.99. The van der Waals surface area contributed by atoms with Crippen LogP contribution in [-0.2, 0) is 16.1 Å². The van der Waals surface area contributed by atoms with Gasteiger partial charge in [-0.1, -0.05) is 24.1 Å². The number of carbonyl (C=O) groups is 2. The topological polar surface area (TPSA) is 82.8 Å². The van der Waals surface area contributed by atoms with E-state index in [0.717, 1.165) is 37.7 Å². The highest BCUT2D eigenvalue weighted by molar-refractivity contribution is 6.31. The van der Waals surface area contributed by atoms with Gasteiger partial charge in [-0.05, 0) is 38.1 Å². The van der Waals surface area contributed by atoms with Crippen LogP contribution in [0.15, 0.2) is 24.4 Å². The van der Waals surface area contributed by atoms with Crippen molar-refractivity contribution in [3.63, 3.8) is 0 Å². The summed E-state index contributed by atoms with van der Waals surface area (Å²) < 4.78 is 1.55. The third kappa shape index (κ3) is 3.25. The van der Waals surface area contributed by atoms with Crippen molar-refractivity contribution >= 4 is 34.4 Å². The van der Waals surface area contributed by atoms with Crippen LogP contribution in [0.4, 0.5) is 0 Å². The number of hydrogen-bond acceptors (Lipinski definition) is 3. The third-order valence-corrected chi connectivity index (χ3v) is 4.70. The molecule has 1 aromatic carbocycles. The van der Waals surface area contributed by atoms with Crippen LogP contribution < -0.4 is 0 Å². The summed E-state index contributed by atoms with van der Waals surface area (Å²) in [6, 6.07) is 4.38. The van der Waals surface area contributed by atoms with Crippen LogP contribution in [0, 0.1) is 0 Å². The number of carboxylic acids is 2. The monoisotopic (exact) mass is 350 g/mol. The van der Waals surface area contributed by atoms with Crippen LogP contribution >= 0.6 is 11.6 Å². The molecule has 1 aliphatic rings. The van der Waals surface area contributed by atoms with Crippen molar-refractivity contribution in [3.05, 3.63) is 35.0 Å². The van der Waals surface area contributed by atoms with Crippen LogP contribution in [-0.4, -0.2) is 44.7 Å². The summed E-state index contributed by atoms with van der Waals surface area (Å²) >= 11 is 6.04. The Balaban J connectivity index is 2.12. The van der Waals surface area contributed by atoms with Crippen molar-refractivity contribution in [1.82, 2.24) is 9.47 Å². The fourth-order valence-electron chi connectivity index (χ4n) is 3.45. The lowest BCUT2D eigenvalue weighted by Gasteiger charge is -2.31. The molecule has 0 amide bonds.